The summed E-state index contributed by atoms with van der Waals surface area (Å²) >= 11 is 0. The maximum Gasteiger partial charge on any atom is 0.322 e. The van der Waals surface area contributed by atoms with Crippen molar-refractivity contribution in [3.8, 4) is 0 Å². The van der Waals surface area contributed by atoms with Crippen LogP contribution in [0, 0.1) is 0 Å². The van der Waals surface area contributed by atoms with Gasteiger partial charge >= 0.3 is 5.97 Å². The Bertz CT molecular complexity index is 298. The fourth-order valence-corrected chi connectivity index (χ4v) is 1.44. The van der Waals surface area contributed by atoms with Gasteiger partial charge in [-0.05, 0) is 25.7 Å². The SMILES string of the molecule is CNC(CN(C)Cc1cc[nH]c1)C(=O)O. The molecule has 0 saturated heterocycles. The van der Waals surface area contributed by atoms with E-state index < -0.39 is 12.0 Å². The number of hydrogen-bond donors (Lipinski definition) is 3. The predicted molar refractivity (Wildman–Crippen MR) is 57.6 cm³/mol. The van der Waals surface area contributed by atoms with E-state index in [-0.39, 0.29) is 0 Å². The van der Waals surface area contributed by atoms with Gasteiger partial charge in [-0.1, -0.05) is 0 Å². The highest BCUT2D eigenvalue weighted by Crippen LogP contribution is 2.01. The van der Waals surface area contributed by atoms with Gasteiger partial charge in [0, 0.05) is 25.5 Å². The third-order valence-electron chi connectivity index (χ3n) is 2.26. The van der Waals surface area contributed by atoms with Crippen molar-refractivity contribution < 1.29 is 9.90 Å². The van der Waals surface area contributed by atoms with Crippen LogP contribution in [0.3, 0.4) is 0 Å². The molecule has 1 aromatic rings. The van der Waals surface area contributed by atoms with Crippen LogP contribution in [0.1, 0.15) is 5.56 Å². The van der Waals surface area contributed by atoms with Crippen LogP contribution in [-0.2, 0) is 11.3 Å². The summed E-state index contributed by atoms with van der Waals surface area (Å²) in [6.07, 6.45) is 3.77. The molecule has 0 aliphatic rings. The summed E-state index contributed by atoms with van der Waals surface area (Å²) in [5, 5.41) is 11.6. The number of carboxylic acid groups (broad SMARTS) is 1. The standard InChI is InChI=1S/C10H17N3O2/c1-11-9(10(14)15)7-13(2)6-8-3-4-12-5-8/h3-5,9,11-12H,6-7H2,1-2H3,(H,14,15). The Morgan fingerprint density at radius 3 is 2.93 bits per heavy atom. The van der Waals surface area contributed by atoms with Crippen molar-refractivity contribution in [1.29, 1.82) is 0 Å². The molecule has 1 heterocycles. The molecule has 0 aliphatic carbocycles. The molecule has 0 amide bonds. The number of carbonyl (C=O) groups is 1. The first-order chi connectivity index (χ1) is 7.13. The zero-order chi connectivity index (χ0) is 11.3. The molecule has 1 unspecified atom stereocenters. The average Bonchev–Trinajstić information content (AvgIpc) is 2.66. The van der Waals surface area contributed by atoms with Crippen LogP contribution >= 0.6 is 0 Å². The van der Waals surface area contributed by atoms with Gasteiger partial charge in [0.15, 0.2) is 0 Å². The van der Waals surface area contributed by atoms with E-state index in [1.165, 1.54) is 0 Å². The number of rotatable bonds is 6. The van der Waals surface area contributed by atoms with Crippen LogP contribution in [0.2, 0.25) is 0 Å². The van der Waals surface area contributed by atoms with Gasteiger partial charge < -0.3 is 15.4 Å². The molecule has 15 heavy (non-hydrogen) atoms. The van der Waals surface area contributed by atoms with Gasteiger partial charge in [0.1, 0.15) is 6.04 Å². The molecule has 0 spiro atoms. The number of aromatic nitrogens is 1. The van der Waals surface area contributed by atoms with Gasteiger partial charge in [-0.25, -0.2) is 0 Å². The van der Waals surface area contributed by atoms with Crippen molar-refractivity contribution in [2.24, 2.45) is 0 Å². The number of aliphatic carboxylic acids is 1. The molecule has 1 aromatic heterocycles. The Morgan fingerprint density at radius 1 is 1.73 bits per heavy atom. The number of likely N-dealkylation sites (N-methyl/N-ethyl adjacent to an activating group) is 2. The van der Waals surface area contributed by atoms with E-state index >= 15 is 0 Å². The van der Waals surface area contributed by atoms with E-state index in [0.29, 0.717) is 6.54 Å². The predicted octanol–water partition coefficient (Wildman–Crippen LogP) is 0.119. The van der Waals surface area contributed by atoms with E-state index in [4.69, 9.17) is 5.11 Å². The molecule has 0 aromatic carbocycles. The maximum absolute atomic E-state index is 10.8. The van der Waals surface area contributed by atoms with E-state index in [1.54, 1.807) is 7.05 Å². The summed E-state index contributed by atoms with van der Waals surface area (Å²) < 4.78 is 0. The molecule has 0 fully saturated rings. The van der Waals surface area contributed by atoms with Crippen LogP contribution in [-0.4, -0.2) is 47.6 Å². The lowest BCUT2D eigenvalue weighted by Crippen LogP contribution is -2.43. The Kier molecular flexibility index (Phi) is 4.33. The van der Waals surface area contributed by atoms with E-state index in [9.17, 15) is 4.79 Å². The van der Waals surface area contributed by atoms with Crippen molar-refractivity contribution in [2.45, 2.75) is 12.6 Å². The topological polar surface area (TPSA) is 68.4 Å². The second-order valence-electron chi connectivity index (χ2n) is 3.60. The molecular formula is C10H17N3O2. The van der Waals surface area contributed by atoms with E-state index in [1.807, 2.05) is 30.4 Å². The summed E-state index contributed by atoms with van der Waals surface area (Å²) in [5.74, 6) is -0.821. The number of hydrogen-bond acceptors (Lipinski definition) is 3. The molecule has 0 bridgehead atoms. The Morgan fingerprint density at radius 2 is 2.47 bits per heavy atom. The third kappa shape index (κ3) is 3.73. The van der Waals surface area contributed by atoms with Crippen molar-refractivity contribution in [3.05, 3.63) is 24.0 Å². The zero-order valence-electron chi connectivity index (χ0n) is 9.03. The third-order valence-corrected chi connectivity index (χ3v) is 2.26. The quantitative estimate of drug-likeness (QED) is 0.625. The van der Waals surface area contributed by atoms with Crippen molar-refractivity contribution in [2.75, 3.05) is 20.6 Å². The van der Waals surface area contributed by atoms with Gasteiger partial charge in [0.2, 0.25) is 0 Å². The summed E-state index contributed by atoms with van der Waals surface area (Å²) in [7, 11) is 3.56. The van der Waals surface area contributed by atoms with Crippen LogP contribution in [0.4, 0.5) is 0 Å². The molecule has 0 aliphatic heterocycles. The fraction of sp³-hybridized carbons (Fsp3) is 0.500. The van der Waals surface area contributed by atoms with Crippen molar-refractivity contribution in [1.82, 2.24) is 15.2 Å². The summed E-state index contributed by atoms with van der Waals surface area (Å²) in [6.45, 7) is 1.23. The number of carboxylic acids is 1. The molecule has 5 heteroatoms. The molecule has 1 rings (SSSR count). The number of nitrogens with one attached hydrogen (secondary N) is 2. The van der Waals surface area contributed by atoms with Gasteiger partial charge in [-0.15, -0.1) is 0 Å². The highest BCUT2D eigenvalue weighted by molar-refractivity contribution is 5.73. The molecule has 0 radical (unpaired) electrons. The average molecular weight is 211 g/mol. The van der Waals surface area contributed by atoms with Crippen LogP contribution in [0.25, 0.3) is 0 Å². The monoisotopic (exact) mass is 211 g/mol. The minimum Gasteiger partial charge on any atom is -0.480 e. The normalized spacial score (nSPS) is 13.0. The van der Waals surface area contributed by atoms with E-state index in [0.717, 1.165) is 12.1 Å². The lowest BCUT2D eigenvalue weighted by Gasteiger charge is -2.20. The molecule has 3 N–H and O–H groups in total. The summed E-state index contributed by atoms with van der Waals surface area (Å²) in [5.41, 5.74) is 1.15. The molecule has 5 nitrogen and oxygen atoms in total. The highest BCUT2D eigenvalue weighted by Gasteiger charge is 2.16. The Labute approximate surface area is 89.1 Å². The number of aromatic amines is 1. The van der Waals surface area contributed by atoms with Crippen molar-refractivity contribution >= 4 is 5.97 Å². The summed E-state index contributed by atoms with van der Waals surface area (Å²) in [4.78, 5) is 15.7. The smallest absolute Gasteiger partial charge is 0.322 e. The first-order valence-corrected chi connectivity index (χ1v) is 4.83. The Hall–Kier alpha value is -1.33. The molecule has 84 valence electrons. The molecule has 0 saturated carbocycles. The first kappa shape index (κ1) is 11.7. The lowest BCUT2D eigenvalue weighted by atomic mass is 10.2. The van der Waals surface area contributed by atoms with Gasteiger partial charge in [0.05, 0.1) is 0 Å². The van der Waals surface area contributed by atoms with Crippen LogP contribution < -0.4 is 5.32 Å². The first-order valence-electron chi connectivity index (χ1n) is 4.83. The second-order valence-corrected chi connectivity index (χ2v) is 3.60. The molecule has 1 atom stereocenters. The second kappa shape index (κ2) is 5.53. The van der Waals surface area contributed by atoms with Crippen LogP contribution in [0.15, 0.2) is 18.5 Å². The fourth-order valence-electron chi connectivity index (χ4n) is 1.44. The number of nitrogens with zero attached hydrogens (tertiary/aromatic N) is 1. The Balaban J connectivity index is 2.41. The largest absolute Gasteiger partial charge is 0.480 e. The van der Waals surface area contributed by atoms with Crippen LogP contribution in [0.5, 0.6) is 0 Å². The van der Waals surface area contributed by atoms with E-state index in [2.05, 4.69) is 10.3 Å². The lowest BCUT2D eigenvalue weighted by molar-refractivity contribution is -0.139. The molecular weight excluding hydrogens is 194 g/mol. The number of H-pyrrole nitrogens is 1. The van der Waals surface area contributed by atoms with Crippen molar-refractivity contribution in [3.63, 3.8) is 0 Å². The van der Waals surface area contributed by atoms with Gasteiger partial charge in [0.25, 0.3) is 0 Å². The van der Waals surface area contributed by atoms with Gasteiger partial charge in [-0.3, -0.25) is 9.69 Å². The summed E-state index contributed by atoms with van der Waals surface area (Å²) in [6, 6.07) is 1.46. The van der Waals surface area contributed by atoms with Gasteiger partial charge in [-0.2, -0.15) is 0 Å². The maximum atomic E-state index is 10.8. The highest BCUT2D eigenvalue weighted by atomic mass is 16.4. The zero-order valence-corrected chi connectivity index (χ0v) is 9.03. The minimum atomic E-state index is -0.821. The minimum absolute atomic E-state index is 0.483.